The number of carbonyl (C=O) groups excluding carboxylic acids is 1. The van der Waals surface area contributed by atoms with Gasteiger partial charge in [0.05, 0.1) is 16.4 Å². The number of nitrogens with one attached hydrogen (secondary N) is 1. The predicted octanol–water partition coefficient (Wildman–Crippen LogP) is 4.20. The molecule has 5 rings (SSSR count). The SMILES string of the molecule is CC(C)n1nc(N)cc1C1(O)CC2CC(c3nn(C)c(N)c3C(=O)Nc3ccc(F)c(Cl)c3)CC2C1. The largest absolute Gasteiger partial charge is 0.384 e. The summed E-state index contributed by atoms with van der Waals surface area (Å²) in [6, 6.07) is 5.87. The number of nitrogens with zero attached hydrogens (tertiary/aromatic N) is 4. The maximum Gasteiger partial charge on any atom is 0.261 e. The van der Waals surface area contributed by atoms with Gasteiger partial charge in [-0.15, -0.1) is 0 Å². The molecule has 36 heavy (non-hydrogen) atoms. The van der Waals surface area contributed by atoms with E-state index in [1.54, 1.807) is 13.1 Å². The van der Waals surface area contributed by atoms with Crippen LogP contribution in [0.15, 0.2) is 24.3 Å². The minimum atomic E-state index is -0.986. The van der Waals surface area contributed by atoms with E-state index in [1.807, 2.05) is 18.5 Å². The summed E-state index contributed by atoms with van der Waals surface area (Å²) in [6.07, 6.45) is 2.78. The Labute approximate surface area is 213 Å². The van der Waals surface area contributed by atoms with Crippen molar-refractivity contribution < 1.29 is 14.3 Å². The molecule has 2 aromatic heterocycles. The molecule has 1 amide bonds. The topological polar surface area (TPSA) is 137 Å². The third kappa shape index (κ3) is 4.12. The second-order valence-electron chi connectivity index (χ2n) is 10.5. The second-order valence-corrected chi connectivity index (χ2v) is 10.9. The maximum absolute atomic E-state index is 13.5. The third-order valence-electron chi connectivity index (χ3n) is 7.67. The van der Waals surface area contributed by atoms with E-state index in [2.05, 4.69) is 15.5 Å². The lowest BCUT2D eigenvalue weighted by molar-refractivity contribution is 0.0242. The molecule has 1 aromatic carbocycles. The number of benzene rings is 1. The summed E-state index contributed by atoms with van der Waals surface area (Å²) in [5.74, 6) is 0.268. The summed E-state index contributed by atoms with van der Waals surface area (Å²) in [5, 5.41) is 23.3. The fourth-order valence-corrected chi connectivity index (χ4v) is 6.27. The van der Waals surface area contributed by atoms with Crippen molar-refractivity contribution in [3.63, 3.8) is 0 Å². The fourth-order valence-electron chi connectivity index (χ4n) is 6.09. The molecule has 2 aliphatic rings. The highest BCUT2D eigenvalue weighted by Gasteiger charge is 2.52. The van der Waals surface area contributed by atoms with Crippen LogP contribution in [-0.2, 0) is 12.6 Å². The van der Waals surface area contributed by atoms with Crippen molar-refractivity contribution in [3.8, 4) is 0 Å². The van der Waals surface area contributed by atoms with Gasteiger partial charge in [-0.2, -0.15) is 10.2 Å². The summed E-state index contributed by atoms with van der Waals surface area (Å²) in [5.41, 5.74) is 13.3. The summed E-state index contributed by atoms with van der Waals surface area (Å²) in [7, 11) is 1.70. The lowest BCUT2D eigenvalue weighted by Gasteiger charge is -2.27. The Morgan fingerprint density at radius 1 is 1.22 bits per heavy atom. The van der Waals surface area contributed by atoms with Crippen LogP contribution < -0.4 is 16.8 Å². The number of hydrogen-bond acceptors (Lipinski definition) is 6. The average Bonchev–Trinajstić information content (AvgIpc) is 3.52. The van der Waals surface area contributed by atoms with E-state index in [4.69, 9.17) is 23.1 Å². The number of carbonyl (C=O) groups is 1. The van der Waals surface area contributed by atoms with Crippen LogP contribution >= 0.6 is 11.6 Å². The lowest BCUT2D eigenvalue weighted by atomic mass is 9.89. The molecule has 11 heteroatoms. The quantitative estimate of drug-likeness (QED) is 0.402. The molecular weight excluding hydrogens is 485 g/mol. The van der Waals surface area contributed by atoms with E-state index in [-0.39, 0.29) is 34.6 Å². The zero-order valence-corrected chi connectivity index (χ0v) is 21.3. The zero-order chi connectivity index (χ0) is 25.9. The van der Waals surface area contributed by atoms with Crippen molar-refractivity contribution in [3.05, 3.63) is 52.1 Å². The second kappa shape index (κ2) is 8.77. The molecule has 0 aliphatic heterocycles. The van der Waals surface area contributed by atoms with Gasteiger partial charge in [0.1, 0.15) is 28.6 Å². The average molecular weight is 516 g/mol. The minimum Gasteiger partial charge on any atom is -0.384 e. The maximum atomic E-state index is 13.5. The van der Waals surface area contributed by atoms with Crippen LogP contribution in [0.4, 0.5) is 21.7 Å². The summed E-state index contributed by atoms with van der Waals surface area (Å²) >= 11 is 5.86. The number of hydrogen-bond donors (Lipinski definition) is 4. The lowest BCUT2D eigenvalue weighted by Crippen LogP contribution is -2.28. The first kappa shape index (κ1) is 24.6. The minimum absolute atomic E-state index is 0.0330. The first-order valence-corrected chi connectivity index (χ1v) is 12.5. The van der Waals surface area contributed by atoms with Gasteiger partial charge in [-0.25, -0.2) is 4.39 Å². The highest BCUT2D eigenvalue weighted by molar-refractivity contribution is 6.31. The van der Waals surface area contributed by atoms with Crippen molar-refractivity contribution in [1.29, 1.82) is 0 Å². The standard InChI is InChI=1S/C25H31ClFN7O2/c1-12(2)34-19(9-20(28)31-34)25(36)10-14-6-13(7-15(14)11-25)22-21(23(29)33(3)32-22)24(35)30-16-4-5-18(27)17(26)8-16/h4-5,8-9,12-15,36H,6-7,10-11,29H2,1-3H3,(H2,28,31)(H,30,35). The molecule has 2 unspecified atom stereocenters. The molecule has 0 radical (unpaired) electrons. The van der Waals surface area contributed by atoms with Gasteiger partial charge < -0.3 is 21.9 Å². The Bertz CT molecular complexity index is 1320. The first-order valence-electron chi connectivity index (χ1n) is 12.1. The molecule has 0 spiro atoms. The molecule has 2 saturated carbocycles. The molecule has 0 saturated heterocycles. The van der Waals surface area contributed by atoms with E-state index in [1.165, 1.54) is 22.9 Å². The summed E-state index contributed by atoms with van der Waals surface area (Å²) in [4.78, 5) is 13.2. The molecule has 3 aromatic rings. The van der Waals surface area contributed by atoms with Crippen molar-refractivity contribution in [2.75, 3.05) is 16.8 Å². The number of nitrogens with two attached hydrogens (primary N) is 2. The molecule has 2 fully saturated rings. The van der Waals surface area contributed by atoms with Gasteiger partial charge in [0.15, 0.2) is 0 Å². The van der Waals surface area contributed by atoms with Crippen LogP contribution in [0.5, 0.6) is 0 Å². The van der Waals surface area contributed by atoms with Crippen LogP contribution in [0.25, 0.3) is 0 Å². The molecule has 0 bridgehead atoms. The number of aliphatic hydroxyl groups is 1. The predicted molar refractivity (Wildman–Crippen MR) is 136 cm³/mol. The van der Waals surface area contributed by atoms with Crippen LogP contribution in [-0.4, -0.2) is 30.6 Å². The zero-order valence-electron chi connectivity index (χ0n) is 20.5. The van der Waals surface area contributed by atoms with Gasteiger partial charge in [-0.3, -0.25) is 14.2 Å². The van der Waals surface area contributed by atoms with Crippen molar-refractivity contribution in [2.24, 2.45) is 18.9 Å². The smallest absolute Gasteiger partial charge is 0.261 e. The number of anilines is 3. The van der Waals surface area contributed by atoms with E-state index in [0.717, 1.165) is 18.5 Å². The monoisotopic (exact) mass is 515 g/mol. The van der Waals surface area contributed by atoms with Crippen LogP contribution in [0, 0.1) is 17.7 Å². The Kier molecular flexibility index (Phi) is 5.99. The third-order valence-corrected chi connectivity index (χ3v) is 7.96. The van der Waals surface area contributed by atoms with E-state index in [9.17, 15) is 14.3 Å². The Morgan fingerprint density at radius 2 is 1.89 bits per heavy atom. The van der Waals surface area contributed by atoms with Crippen molar-refractivity contribution in [2.45, 2.75) is 57.1 Å². The summed E-state index contributed by atoms with van der Waals surface area (Å²) < 4.78 is 16.9. The van der Waals surface area contributed by atoms with Gasteiger partial charge in [0.2, 0.25) is 0 Å². The summed E-state index contributed by atoms with van der Waals surface area (Å²) in [6.45, 7) is 4.03. The number of aromatic nitrogens is 4. The number of aryl methyl sites for hydroxylation is 1. The van der Waals surface area contributed by atoms with Crippen molar-refractivity contribution >= 4 is 34.8 Å². The van der Waals surface area contributed by atoms with E-state index >= 15 is 0 Å². The van der Waals surface area contributed by atoms with Crippen LogP contribution in [0.2, 0.25) is 5.02 Å². The first-order chi connectivity index (χ1) is 17.0. The molecule has 9 nitrogen and oxygen atoms in total. The molecule has 2 atom stereocenters. The molecule has 6 N–H and O–H groups in total. The van der Waals surface area contributed by atoms with Gasteiger partial charge in [-0.05, 0) is 69.6 Å². The van der Waals surface area contributed by atoms with Crippen LogP contribution in [0.1, 0.15) is 73.2 Å². The Hall–Kier alpha value is -3.11. The van der Waals surface area contributed by atoms with Gasteiger partial charge in [-0.1, -0.05) is 11.6 Å². The van der Waals surface area contributed by atoms with Gasteiger partial charge in [0, 0.05) is 30.8 Å². The Balaban J connectivity index is 1.36. The van der Waals surface area contributed by atoms with Crippen LogP contribution in [0.3, 0.4) is 0 Å². The van der Waals surface area contributed by atoms with Crippen molar-refractivity contribution in [1.82, 2.24) is 19.6 Å². The number of rotatable bonds is 5. The van der Waals surface area contributed by atoms with Gasteiger partial charge >= 0.3 is 0 Å². The molecule has 2 aliphatic carbocycles. The fraction of sp³-hybridized carbons (Fsp3) is 0.480. The number of fused-ring (bicyclic) bond motifs is 1. The molecular formula is C25H31ClFN7O2. The molecule has 2 heterocycles. The highest BCUT2D eigenvalue weighted by Crippen LogP contribution is 2.57. The van der Waals surface area contributed by atoms with Gasteiger partial charge in [0.25, 0.3) is 5.91 Å². The normalized spacial score (nSPS) is 25.5. The van der Waals surface area contributed by atoms with E-state index in [0.29, 0.717) is 35.6 Å². The van der Waals surface area contributed by atoms with E-state index < -0.39 is 17.3 Å². The number of halogens is 2. The number of amides is 1. The highest BCUT2D eigenvalue weighted by atomic mass is 35.5. The molecule has 192 valence electrons. The Morgan fingerprint density at radius 3 is 2.50 bits per heavy atom. The number of nitrogen functional groups attached to an aromatic ring is 2.